The van der Waals surface area contributed by atoms with E-state index in [4.69, 9.17) is 14.2 Å². The first-order chi connectivity index (χ1) is 10.5. The molecule has 0 atom stereocenters. The van der Waals surface area contributed by atoms with Crippen molar-refractivity contribution in [2.24, 2.45) is 5.41 Å². The minimum Gasteiger partial charge on any atom is -0.460 e. The molecule has 0 bridgehead atoms. The topological polar surface area (TPSA) is 61.8 Å². The predicted molar refractivity (Wildman–Crippen MR) is 92.1 cm³/mol. The highest BCUT2D eigenvalue weighted by atomic mass is 16.6. The van der Waals surface area contributed by atoms with Crippen molar-refractivity contribution < 1.29 is 23.8 Å². The van der Waals surface area contributed by atoms with Crippen LogP contribution in [0.15, 0.2) is 24.3 Å². The summed E-state index contributed by atoms with van der Waals surface area (Å²) >= 11 is 0. The largest absolute Gasteiger partial charge is 0.460 e. The van der Waals surface area contributed by atoms with Crippen molar-refractivity contribution in [1.29, 1.82) is 0 Å². The lowest BCUT2D eigenvalue weighted by Crippen LogP contribution is -2.14. The van der Waals surface area contributed by atoms with Crippen LogP contribution in [-0.2, 0) is 23.8 Å². The molecule has 5 heteroatoms. The van der Waals surface area contributed by atoms with Crippen molar-refractivity contribution in [3.05, 3.63) is 24.3 Å². The highest BCUT2D eigenvalue weighted by Crippen LogP contribution is 2.16. The number of ether oxygens (including phenoxy) is 3. The fourth-order valence-electron chi connectivity index (χ4n) is 0.735. The van der Waals surface area contributed by atoms with Crippen LogP contribution in [0.4, 0.5) is 0 Å². The summed E-state index contributed by atoms with van der Waals surface area (Å²) in [7, 11) is 0. The van der Waals surface area contributed by atoms with Gasteiger partial charge >= 0.3 is 11.9 Å². The summed E-state index contributed by atoms with van der Waals surface area (Å²) < 4.78 is 14.6. The smallest absolute Gasteiger partial charge is 0.333 e. The van der Waals surface area contributed by atoms with E-state index in [0.717, 1.165) is 0 Å². The van der Waals surface area contributed by atoms with E-state index in [1.165, 1.54) is 6.42 Å². The highest BCUT2D eigenvalue weighted by Gasteiger charge is 2.04. The molecular formula is C18H32O5. The van der Waals surface area contributed by atoms with E-state index in [0.29, 0.717) is 16.6 Å². The summed E-state index contributed by atoms with van der Waals surface area (Å²) in [4.78, 5) is 21.9. The molecule has 0 radical (unpaired) electrons. The molecular weight excluding hydrogens is 296 g/mol. The summed E-state index contributed by atoms with van der Waals surface area (Å²) in [5.74, 6) is -0.885. The summed E-state index contributed by atoms with van der Waals surface area (Å²) in [5, 5.41) is 0. The predicted octanol–water partition coefficient (Wildman–Crippen LogP) is 3.68. The van der Waals surface area contributed by atoms with E-state index in [9.17, 15) is 9.59 Å². The summed E-state index contributed by atoms with van der Waals surface area (Å²) in [5.41, 5.74) is 1.24. The summed E-state index contributed by atoms with van der Waals surface area (Å²) in [6, 6.07) is 0. The first kappa shape index (κ1) is 23.6. The van der Waals surface area contributed by atoms with Gasteiger partial charge in [-0.3, -0.25) is 0 Å². The van der Waals surface area contributed by atoms with Gasteiger partial charge in [0.25, 0.3) is 0 Å². The zero-order valence-electron chi connectivity index (χ0n) is 15.5. The van der Waals surface area contributed by atoms with Gasteiger partial charge in [-0.05, 0) is 19.3 Å². The molecule has 0 fully saturated rings. The van der Waals surface area contributed by atoms with Crippen molar-refractivity contribution in [3.8, 4) is 0 Å². The Kier molecular flexibility index (Phi) is 13.2. The maximum absolute atomic E-state index is 10.9. The van der Waals surface area contributed by atoms with Gasteiger partial charge in [0.1, 0.15) is 13.2 Å². The molecule has 0 amide bonds. The van der Waals surface area contributed by atoms with Crippen LogP contribution in [-0.4, -0.2) is 38.4 Å². The molecule has 0 saturated carbocycles. The zero-order chi connectivity index (χ0) is 18.5. The fourth-order valence-corrected chi connectivity index (χ4v) is 0.735. The molecule has 0 unspecified atom stereocenters. The lowest BCUT2D eigenvalue weighted by molar-refractivity contribution is -0.141. The van der Waals surface area contributed by atoms with Crippen LogP contribution in [0.5, 0.6) is 0 Å². The lowest BCUT2D eigenvalue weighted by atomic mass is 9.94. The zero-order valence-corrected chi connectivity index (χ0v) is 15.5. The quantitative estimate of drug-likeness (QED) is 0.386. The van der Waals surface area contributed by atoms with Crippen molar-refractivity contribution in [2.45, 2.75) is 48.0 Å². The van der Waals surface area contributed by atoms with Crippen molar-refractivity contribution >= 4 is 11.9 Å². The van der Waals surface area contributed by atoms with Gasteiger partial charge in [0.2, 0.25) is 0 Å². The Balaban J connectivity index is 0. The van der Waals surface area contributed by atoms with Gasteiger partial charge in [0, 0.05) is 11.1 Å². The lowest BCUT2D eigenvalue weighted by Gasteiger charge is -2.12. The van der Waals surface area contributed by atoms with E-state index in [2.05, 4.69) is 40.9 Å². The van der Waals surface area contributed by atoms with Crippen molar-refractivity contribution in [2.75, 3.05) is 26.4 Å². The second-order valence-corrected chi connectivity index (χ2v) is 6.36. The first-order valence-corrected chi connectivity index (χ1v) is 7.74. The summed E-state index contributed by atoms with van der Waals surface area (Å²) in [6.45, 7) is 19.8. The monoisotopic (exact) mass is 328 g/mol. The van der Waals surface area contributed by atoms with Gasteiger partial charge in [0.15, 0.2) is 0 Å². The number of carbonyl (C=O) groups is 2. The normalized spacial score (nSPS) is 10.2. The molecule has 0 aliphatic rings. The molecule has 134 valence electrons. The van der Waals surface area contributed by atoms with E-state index < -0.39 is 11.9 Å². The van der Waals surface area contributed by atoms with E-state index in [1.54, 1.807) is 13.8 Å². The van der Waals surface area contributed by atoms with Gasteiger partial charge in [-0.1, -0.05) is 47.3 Å². The van der Waals surface area contributed by atoms with Crippen LogP contribution >= 0.6 is 0 Å². The Morgan fingerprint density at radius 2 is 1.13 bits per heavy atom. The number of carbonyl (C=O) groups excluding carboxylic acids is 2. The van der Waals surface area contributed by atoms with Crippen LogP contribution in [0.1, 0.15) is 48.0 Å². The minimum absolute atomic E-state index is 0.153. The Bertz CT molecular complexity index is 361. The SMILES string of the molecule is C=C(C)C(=O)OCCOCCOC(=O)C(=C)C.CCC(C)(C)C. The third-order valence-corrected chi connectivity index (χ3v) is 2.68. The molecule has 23 heavy (non-hydrogen) atoms. The molecule has 0 saturated heterocycles. The molecule has 0 spiro atoms. The maximum Gasteiger partial charge on any atom is 0.333 e. The van der Waals surface area contributed by atoms with Crippen LogP contribution in [0.25, 0.3) is 0 Å². The molecule has 0 aliphatic heterocycles. The van der Waals surface area contributed by atoms with Gasteiger partial charge in [-0.15, -0.1) is 0 Å². The Morgan fingerprint density at radius 1 is 0.826 bits per heavy atom. The average Bonchev–Trinajstić information content (AvgIpc) is 2.45. The van der Waals surface area contributed by atoms with Crippen molar-refractivity contribution in [1.82, 2.24) is 0 Å². The number of hydrogen-bond acceptors (Lipinski definition) is 5. The maximum atomic E-state index is 10.9. The van der Waals surface area contributed by atoms with Gasteiger partial charge in [-0.2, -0.15) is 0 Å². The van der Waals surface area contributed by atoms with Crippen LogP contribution < -0.4 is 0 Å². The van der Waals surface area contributed by atoms with Crippen LogP contribution in [0.3, 0.4) is 0 Å². The number of hydrogen-bond donors (Lipinski definition) is 0. The molecule has 0 aromatic heterocycles. The second-order valence-electron chi connectivity index (χ2n) is 6.36. The average molecular weight is 328 g/mol. The highest BCUT2D eigenvalue weighted by molar-refractivity contribution is 5.87. The molecule has 0 heterocycles. The number of rotatable bonds is 8. The molecule has 0 N–H and O–H groups in total. The van der Waals surface area contributed by atoms with Gasteiger partial charge < -0.3 is 14.2 Å². The van der Waals surface area contributed by atoms with Gasteiger partial charge in [-0.25, -0.2) is 9.59 Å². The Labute approximate surface area is 140 Å². The van der Waals surface area contributed by atoms with Crippen molar-refractivity contribution in [3.63, 3.8) is 0 Å². The van der Waals surface area contributed by atoms with E-state index in [1.807, 2.05) is 0 Å². The second kappa shape index (κ2) is 12.9. The molecule has 0 rings (SSSR count). The molecule has 0 aromatic carbocycles. The van der Waals surface area contributed by atoms with E-state index >= 15 is 0 Å². The standard InChI is InChI=1S/C12H18O5.C6H14/c1-9(2)11(13)16-7-5-15-6-8-17-12(14)10(3)4;1-5-6(2,3)4/h1,3,5-8H2,2,4H3;5H2,1-4H3. The van der Waals surface area contributed by atoms with Crippen LogP contribution in [0, 0.1) is 5.41 Å². The van der Waals surface area contributed by atoms with E-state index in [-0.39, 0.29) is 26.4 Å². The van der Waals surface area contributed by atoms with Gasteiger partial charge in [0.05, 0.1) is 13.2 Å². The third-order valence-electron chi connectivity index (χ3n) is 2.68. The fraction of sp³-hybridized carbons (Fsp3) is 0.667. The summed E-state index contributed by atoms with van der Waals surface area (Å²) in [6.07, 6.45) is 1.27. The molecule has 5 nitrogen and oxygen atoms in total. The number of esters is 2. The minimum atomic E-state index is -0.442. The molecule has 0 aliphatic carbocycles. The Hall–Kier alpha value is -1.62. The Morgan fingerprint density at radius 3 is 1.35 bits per heavy atom. The van der Waals surface area contributed by atoms with Crippen LogP contribution in [0.2, 0.25) is 0 Å². The first-order valence-electron chi connectivity index (χ1n) is 7.74. The third kappa shape index (κ3) is 18.3. The molecule has 0 aromatic rings.